The zero-order valence-electron chi connectivity index (χ0n) is 11.1. The lowest BCUT2D eigenvalue weighted by Gasteiger charge is -2.40. The maximum Gasteiger partial charge on any atom is 0.235 e. The van der Waals surface area contributed by atoms with Gasteiger partial charge in [0.1, 0.15) is 0 Å². The molecule has 2 aliphatic heterocycles. The fraction of sp³-hybridized carbons (Fsp3) is 0.923. The van der Waals surface area contributed by atoms with Crippen molar-refractivity contribution >= 4 is 17.7 Å². The molecule has 2 N–H and O–H groups in total. The van der Waals surface area contributed by atoms with Gasteiger partial charge in [-0.15, -0.1) is 11.8 Å². The number of carbonyl (C=O) groups is 1. The summed E-state index contributed by atoms with van der Waals surface area (Å²) < 4.78 is 5.40. The summed E-state index contributed by atoms with van der Waals surface area (Å²) in [6, 6.07) is 0.165. The SMILES string of the molecule is COC1CCN(C(=O)C2CCCCS2)C(CN)C1. The first-order chi connectivity index (χ1) is 8.76. The van der Waals surface area contributed by atoms with Crippen LogP contribution in [0.4, 0.5) is 0 Å². The van der Waals surface area contributed by atoms with Crippen molar-refractivity contribution in [2.45, 2.75) is 49.5 Å². The van der Waals surface area contributed by atoms with Gasteiger partial charge >= 0.3 is 0 Å². The van der Waals surface area contributed by atoms with E-state index in [4.69, 9.17) is 10.5 Å². The number of nitrogens with two attached hydrogens (primary N) is 1. The zero-order chi connectivity index (χ0) is 13.0. The van der Waals surface area contributed by atoms with E-state index in [0.29, 0.717) is 12.5 Å². The Labute approximate surface area is 114 Å². The van der Waals surface area contributed by atoms with E-state index in [-0.39, 0.29) is 17.4 Å². The van der Waals surface area contributed by atoms with Gasteiger partial charge in [-0.25, -0.2) is 0 Å². The summed E-state index contributed by atoms with van der Waals surface area (Å²) in [7, 11) is 1.74. The van der Waals surface area contributed by atoms with Crippen LogP contribution >= 0.6 is 11.8 Å². The molecule has 4 nitrogen and oxygen atoms in total. The van der Waals surface area contributed by atoms with Crippen molar-refractivity contribution in [3.63, 3.8) is 0 Å². The molecule has 2 fully saturated rings. The molecule has 0 aromatic heterocycles. The average Bonchev–Trinajstić information content (AvgIpc) is 2.46. The molecule has 3 atom stereocenters. The monoisotopic (exact) mass is 272 g/mol. The normalized spacial score (nSPS) is 33.4. The van der Waals surface area contributed by atoms with Gasteiger partial charge in [-0.05, 0) is 31.4 Å². The summed E-state index contributed by atoms with van der Waals surface area (Å²) in [4.78, 5) is 14.5. The van der Waals surface area contributed by atoms with Crippen LogP contribution in [0.5, 0.6) is 0 Å². The number of likely N-dealkylation sites (tertiary alicyclic amines) is 1. The van der Waals surface area contributed by atoms with Crippen LogP contribution in [-0.2, 0) is 9.53 Å². The van der Waals surface area contributed by atoms with Gasteiger partial charge in [0.05, 0.1) is 11.4 Å². The number of methoxy groups -OCH3 is 1. The number of hydrogen-bond acceptors (Lipinski definition) is 4. The Morgan fingerprint density at radius 1 is 1.44 bits per heavy atom. The lowest BCUT2D eigenvalue weighted by Crippen LogP contribution is -2.53. The molecule has 104 valence electrons. The molecule has 0 bridgehead atoms. The average molecular weight is 272 g/mol. The third-order valence-corrected chi connectivity index (χ3v) is 5.38. The molecule has 18 heavy (non-hydrogen) atoms. The molecule has 0 spiro atoms. The number of piperidine rings is 1. The zero-order valence-corrected chi connectivity index (χ0v) is 12.0. The van der Waals surface area contributed by atoms with E-state index in [1.165, 1.54) is 12.8 Å². The summed E-state index contributed by atoms with van der Waals surface area (Å²) in [5.41, 5.74) is 5.82. The first kappa shape index (κ1) is 14.2. The van der Waals surface area contributed by atoms with Crippen molar-refractivity contribution in [3.8, 4) is 0 Å². The van der Waals surface area contributed by atoms with Gasteiger partial charge in [-0.1, -0.05) is 6.42 Å². The smallest absolute Gasteiger partial charge is 0.235 e. The Kier molecular flexibility index (Phi) is 5.33. The van der Waals surface area contributed by atoms with Crippen LogP contribution in [-0.4, -0.2) is 54.2 Å². The molecule has 5 heteroatoms. The topological polar surface area (TPSA) is 55.6 Å². The molecular weight excluding hydrogens is 248 g/mol. The lowest BCUT2D eigenvalue weighted by atomic mass is 9.98. The second-order valence-corrected chi connectivity index (χ2v) is 6.47. The number of hydrogen-bond donors (Lipinski definition) is 1. The van der Waals surface area contributed by atoms with Crippen molar-refractivity contribution < 1.29 is 9.53 Å². The van der Waals surface area contributed by atoms with Gasteiger partial charge in [-0.3, -0.25) is 4.79 Å². The number of carbonyl (C=O) groups excluding carboxylic acids is 1. The number of rotatable bonds is 3. The van der Waals surface area contributed by atoms with Crippen molar-refractivity contribution in [1.82, 2.24) is 4.90 Å². The van der Waals surface area contributed by atoms with Crippen molar-refractivity contribution in [2.24, 2.45) is 5.73 Å². The van der Waals surface area contributed by atoms with Crippen LogP contribution < -0.4 is 5.73 Å². The minimum Gasteiger partial charge on any atom is -0.381 e. The van der Waals surface area contributed by atoms with Crippen molar-refractivity contribution in [2.75, 3.05) is 26.0 Å². The van der Waals surface area contributed by atoms with E-state index in [1.807, 2.05) is 16.7 Å². The minimum absolute atomic E-state index is 0.165. The number of nitrogens with zero attached hydrogens (tertiary/aromatic N) is 1. The number of ether oxygens (including phenoxy) is 1. The predicted octanol–water partition coefficient (Wildman–Crippen LogP) is 1.24. The van der Waals surface area contributed by atoms with Gasteiger partial charge < -0.3 is 15.4 Å². The van der Waals surface area contributed by atoms with Gasteiger partial charge in [-0.2, -0.15) is 0 Å². The Balaban J connectivity index is 1.95. The van der Waals surface area contributed by atoms with Crippen LogP contribution in [0.1, 0.15) is 32.1 Å². The molecule has 0 aromatic carbocycles. The maximum atomic E-state index is 12.5. The Morgan fingerprint density at radius 3 is 2.89 bits per heavy atom. The summed E-state index contributed by atoms with van der Waals surface area (Å²) in [6.45, 7) is 1.35. The summed E-state index contributed by atoms with van der Waals surface area (Å²) in [5.74, 6) is 1.43. The third-order valence-electron chi connectivity index (χ3n) is 4.01. The molecule has 3 unspecified atom stereocenters. The van der Waals surface area contributed by atoms with Gasteiger partial charge in [0.2, 0.25) is 5.91 Å². The Morgan fingerprint density at radius 2 is 2.28 bits per heavy atom. The maximum absolute atomic E-state index is 12.5. The van der Waals surface area contributed by atoms with E-state index >= 15 is 0 Å². The fourth-order valence-corrected chi connectivity index (χ4v) is 4.13. The first-order valence-corrected chi connectivity index (χ1v) is 7.96. The second kappa shape index (κ2) is 6.78. The predicted molar refractivity (Wildman–Crippen MR) is 74.7 cm³/mol. The Hall–Kier alpha value is -0.260. The van der Waals surface area contributed by atoms with Gasteiger partial charge in [0.15, 0.2) is 0 Å². The summed E-state index contributed by atoms with van der Waals surface area (Å²) in [5, 5.41) is 0.173. The molecule has 0 aromatic rings. The van der Waals surface area contributed by atoms with E-state index in [1.54, 1.807) is 7.11 Å². The molecule has 0 radical (unpaired) electrons. The van der Waals surface area contributed by atoms with Crippen LogP contribution in [0.2, 0.25) is 0 Å². The molecule has 0 aliphatic carbocycles. The van der Waals surface area contributed by atoms with Crippen LogP contribution in [0.3, 0.4) is 0 Å². The molecule has 0 saturated carbocycles. The van der Waals surface area contributed by atoms with Crippen LogP contribution in [0, 0.1) is 0 Å². The van der Waals surface area contributed by atoms with Crippen LogP contribution in [0.25, 0.3) is 0 Å². The van der Waals surface area contributed by atoms with Gasteiger partial charge in [0, 0.05) is 26.2 Å². The highest BCUT2D eigenvalue weighted by atomic mass is 32.2. The summed E-state index contributed by atoms with van der Waals surface area (Å²) in [6.07, 6.45) is 5.56. The van der Waals surface area contributed by atoms with Gasteiger partial charge in [0.25, 0.3) is 0 Å². The number of thioether (sulfide) groups is 1. The molecule has 2 heterocycles. The highest BCUT2D eigenvalue weighted by molar-refractivity contribution is 8.00. The van der Waals surface area contributed by atoms with E-state index in [2.05, 4.69) is 0 Å². The molecule has 1 amide bonds. The van der Waals surface area contributed by atoms with E-state index < -0.39 is 0 Å². The Bertz CT molecular complexity index is 282. The largest absolute Gasteiger partial charge is 0.381 e. The van der Waals surface area contributed by atoms with E-state index in [9.17, 15) is 4.79 Å². The number of amides is 1. The fourth-order valence-electron chi connectivity index (χ4n) is 2.86. The first-order valence-electron chi connectivity index (χ1n) is 6.91. The van der Waals surface area contributed by atoms with Crippen molar-refractivity contribution in [1.29, 1.82) is 0 Å². The second-order valence-electron chi connectivity index (χ2n) is 5.16. The van der Waals surface area contributed by atoms with Crippen LogP contribution in [0.15, 0.2) is 0 Å². The molecule has 2 rings (SSSR count). The van der Waals surface area contributed by atoms with Crippen molar-refractivity contribution in [3.05, 3.63) is 0 Å². The molecule has 2 saturated heterocycles. The lowest BCUT2D eigenvalue weighted by molar-refractivity contribution is -0.136. The highest BCUT2D eigenvalue weighted by Crippen LogP contribution is 2.29. The molecule has 2 aliphatic rings. The standard InChI is InChI=1S/C13H24N2O2S/c1-17-11-5-6-15(10(8-11)9-14)13(16)12-4-2-3-7-18-12/h10-12H,2-9,14H2,1H3. The summed E-state index contributed by atoms with van der Waals surface area (Å²) >= 11 is 1.82. The highest BCUT2D eigenvalue weighted by Gasteiger charge is 2.34. The molecular formula is C13H24N2O2S. The van der Waals surface area contributed by atoms with E-state index in [0.717, 1.165) is 31.6 Å². The third kappa shape index (κ3) is 3.19. The quantitative estimate of drug-likeness (QED) is 0.840. The minimum atomic E-state index is 0.165.